The largest absolute Gasteiger partial charge is 0.390 e. The Morgan fingerprint density at radius 3 is 2.68 bits per heavy atom. The van der Waals surface area contributed by atoms with Crippen LogP contribution in [0.25, 0.3) is 0 Å². The number of rotatable bonds is 7. The number of aryl methyl sites for hydroxylation is 2. The van der Waals surface area contributed by atoms with Gasteiger partial charge in [-0.15, -0.1) is 0 Å². The molecule has 0 saturated carbocycles. The molecule has 0 bridgehead atoms. The van der Waals surface area contributed by atoms with Crippen LogP contribution in [-0.2, 0) is 6.42 Å². The molecule has 19 heavy (non-hydrogen) atoms. The summed E-state index contributed by atoms with van der Waals surface area (Å²) < 4.78 is 1.06. The Balaban J connectivity index is 1.67. The summed E-state index contributed by atoms with van der Waals surface area (Å²) in [5, 5.41) is 6.75. The number of aromatic nitrogens is 1. The zero-order valence-corrected chi connectivity index (χ0v) is 13.3. The summed E-state index contributed by atoms with van der Waals surface area (Å²) in [6.45, 7) is 3.19. The lowest BCUT2D eigenvalue weighted by Gasteiger charge is -2.24. The maximum atomic E-state index is 4.48. The summed E-state index contributed by atoms with van der Waals surface area (Å²) in [7, 11) is 2.00. The van der Waals surface area contributed by atoms with Crippen molar-refractivity contribution in [1.82, 2.24) is 15.6 Å². The van der Waals surface area contributed by atoms with Gasteiger partial charge in [-0.25, -0.2) is 0 Å². The maximum Gasteiger partial charge on any atom is 0.0433 e. The Labute approximate surface area is 124 Å². The van der Waals surface area contributed by atoms with E-state index in [9.17, 15) is 0 Å². The molecule has 0 amide bonds. The second kappa shape index (κ2) is 6.94. The van der Waals surface area contributed by atoms with Gasteiger partial charge in [0, 0.05) is 41.3 Å². The third-order valence-corrected chi connectivity index (χ3v) is 4.06. The van der Waals surface area contributed by atoms with Gasteiger partial charge < -0.3 is 10.6 Å². The maximum absolute atomic E-state index is 4.48. The molecule has 0 aromatic carbocycles. The molecular weight excluding hydrogens is 302 g/mol. The Kier molecular flexibility index (Phi) is 5.25. The SMILES string of the molecule is CNC1=C(NCCCCc2ncc(Br)cc2C)CC1. The van der Waals surface area contributed by atoms with E-state index in [0.29, 0.717) is 0 Å². The first-order valence-corrected chi connectivity index (χ1v) is 7.74. The molecule has 0 fully saturated rings. The third kappa shape index (κ3) is 3.96. The summed E-state index contributed by atoms with van der Waals surface area (Å²) in [4.78, 5) is 4.48. The number of nitrogens with one attached hydrogen (secondary N) is 2. The van der Waals surface area contributed by atoms with Crippen LogP contribution in [-0.4, -0.2) is 18.6 Å². The predicted molar refractivity (Wildman–Crippen MR) is 82.9 cm³/mol. The number of hydrogen-bond donors (Lipinski definition) is 2. The van der Waals surface area contributed by atoms with Gasteiger partial charge in [-0.1, -0.05) is 0 Å². The molecule has 1 aliphatic carbocycles. The Morgan fingerprint density at radius 1 is 1.26 bits per heavy atom. The molecule has 1 heterocycles. The minimum Gasteiger partial charge on any atom is -0.390 e. The Morgan fingerprint density at radius 2 is 2.05 bits per heavy atom. The average molecular weight is 324 g/mol. The van der Waals surface area contributed by atoms with E-state index >= 15 is 0 Å². The fourth-order valence-electron chi connectivity index (χ4n) is 2.33. The van der Waals surface area contributed by atoms with E-state index in [-0.39, 0.29) is 0 Å². The van der Waals surface area contributed by atoms with Gasteiger partial charge in [0.25, 0.3) is 0 Å². The second-order valence-electron chi connectivity index (χ2n) is 5.01. The normalized spacial score (nSPS) is 14.3. The lowest BCUT2D eigenvalue weighted by atomic mass is 10.0. The predicted octanol–water partition coefficient (Wildman–Crippen LogP) is 3.29. The first kappa shape index (κ1) is 14.4. The third-order valence-electron chi connectivity index (χ3n) is 3.62. The molecule has 1 aromatic rings. The highest BCUT2D eigenvalue weighted by atomic mass is 79.9. The van der Waals surface area contributed by atoms with Crippen LogP contribution in [0, 0.1) is 6.92 Å². The van der Waals surface area contributed by atoms with E-state index in [1.807, 2.05) is 13.2 Å². The fraction of sp³-hybridized carbons (Fsp3) is 0.533. The van der Waals surface area contributed by atoms with E-state index in [4.69, 9.17) is 0 Å². The van der Waals surface area contributed by atoms with Crippen LogP contribution >= 0.6 is 15.9 Å². The summed E-state index contributed by atoms with van der Waals surface area (Å²) in [6.07, 6.45) is 7.73. The van der Waals surface area contributed by atoms with Crippen LogP contribution in [0.15, 0.2) is 28.1 Å². The van der Waals surface area contributed by atoms with Crippen molar-refractivity contribution in [3.8, 4) is 0 Å². The smallest absolute Gasteiger partial charge is 0.0433 e. The molecule has 0 saturated heterocycles. The van der Waals surface area contributed by atoms with Crippen molar-refractivity contribution in [2.24, 2.45) is 0 Å². The quantitative estimate of drug-likeness (QED) is 0.756. The van der Waals surface area contributed by atoms with E-state index in [1.54, 1.807) is 0 Å². The summed E-state index contributed by atoms with van der Waals surface area (Å²) in [5.41, 5.74) is 5.29. The standard InChI is InChI=1S/C15H22BrN3/c1-11-9-12(16)10-19-13(11)5-3-4-8-18-15-7-6-14(15)17-2/h9-10,17-18H,3-8H2,1-2H3. The molecule has 0 aliphatic heterocycles. The molecule has 0 spiro atoms. The van der Waals surface area contributed by atoms with Crippen molar-refractivity contribution >= 4 is 15.9 Å². The van der Waals surface area contributed by atoms with Crippen LogP contribution in [0.1, 0.15) is 36.9 Å². The summed E-state index contributed by atoms with van der Waals surface area (Å²) in [5.74, 6) is 0. The number of pyridine rings is 1. The highest BCUT2D eigenvalue weighted by molar-refractivity contribution is 9.10. The molecule has 0 atom stereocenters. The van der Waals surface area contributed by atoms with E-state index < -0.39 is 0 Å². The number of halogens is 1. The van der Waals surface area contributed by atoms with Crippen molar-refractivity contribution in [1.29, 1.82) is 0 Å². The minimum absolute atomic E-state index is 1.06. The molecule has 104 valence electrons. The van der Waals surface area contributed by atoms with Gasteiger partial charge >= 0.3 is 0 Å². The second-order valence-corrected chi connectivity index (χ2v) is 5.92. The van der Waals surface area contributed by atoms with Gasteiger partial charge in [0.1, 0.15) is 0 Å². The van der Waals surface area contributed by atoms with Gasteiger partial charge in [-0.2, -0.15) is 0 Å². The number of hydrogen-bond acceptors (Lipinski definition) is 3. The highest BCUT2D eigenvalue weighted by Crippen LogP contribution is 2.22. The molecule has 2 N–H and O–H groups in total. The fourth-order valence-corrected chi connectivity index (χ4v) is 2.78. The van der Waals surface area contributed by atoms with Gasteiger partial charge in [-0.05, 0) is 66.6 Å². The van der Waals surface area contributed by atoms with Gasteiger partial charge in [0.2, 0.25) is 0 Å². The zero-order chi connectivity index (χ0) is 13.7. The Bertz CT molecular complexity index is 468. The molecule has 1 aliphatic rings. The monoisotopic (exact) mass is 323 g/mol. The van der Waals surface area contributed by atoms with Gasteiger partial charge in [-0.3, -0.25) is 4.98 Å². The number of allylic oxidation sites excluding steroid dienone is 2. The van der Waals surface area contributed by atoms with Crippen molar-refractivity contribution in [2.75, 3.05) is 13.6 Å². The molecule has 2 rings (SSSR count). The molecule has 1 aromatic heterocycles. The molecule has 3 nitrogen and oxygen atoms in total. The van der Waals surface area contributed by atoms with Crippen molar-refractivity contribution < 1.29 is 0 Å². The average Bonchev–Trinajstić information content (AvgIpc) is 2.35. The topological polar surface area (TPSA) is 37.0 Å². The van der Waals surface area contributed by atoms with Crippen molar-refractivity contribution in [3.05, 3.63) is 39.4 Å². The van der Waals surface area contributed by atoms with Crippen molar-refractivity contribution in [3.63, 3.8) is 0 Å². The molecular formula is C15H22BrN3. The van der Waals surface area contributed by atoms with Gasteiger partial charge in [0.05, 0.1) is 0 Å². The molecule has 4 heteroatoms. The number of unbranched alkanes of at least 4 members (excludes halogenated alkanes) is 1. The van der Waals surface area contributed by atoms with Crippen LogP contribution in [0.5, 0.6) is 0 Å². The van der Waals surface area contributed by atoms with Crippen LogP contribution in [0.2, 0.25) is 0 Å². The van der Waals surface area contributed by atoms with E-state index in [1.165, 1.54) is 48.3 Å². The lowest BCUT2D eigenvalue weighted by Crippen LogP contribution is -2.27. The van der Waals surface area contributed by atoms with Crippen LogP contribution < -0.4 is 10.6 Å². The van der Waals surface area contributed by atoms with Crippen molar-refractivity contribution in [2.45, 2.75) is 39.0 Å². The van der Waals surface area contributed by atoms with Crippen LogP contribution in [0.4, 0.5) is 0 Å². The van der Waals surface area contributed by atoms with Crippen LogP contribution in [0.3, 0.4) is 0 Å². The first-order chi connectivity index (χ1) is 9.20. The number of nitrogens with zero attached hydrogens (tertiary/aromatic N) is 1. The van der Waals surface area contributed by atoms with Gasteiger partial charge in [0.15, 0.2) is 0 Å². The molecule has 0 radical (unpaired) electrons. The summed E-state index contributed by atoms with van der Waals surface area (Å²) >= 11 is 3.45. The molecule has 0 unspecified atom stereocenters. The first-order valence-electron chi connectivity index (χ1n) is 6.95. The lowest BCUT2D eigenvalue weighted by molar-refractivity contribution is 0.594. The zero-order valence-electron chi connectivity index (χ0n) is 11.7. The van der Waals surface area contributed by atoms with E-state index in [0.717, 1.165) is 17.4 Å². The minimum atomic E-state index is 1.06. The van der Waals surface area contributed by atoms with E-state index in [2.05, 4.69) is 44.5 Å². The highest BCUT2D eigenvalue weighted by Gasteiger charge is 2.14. The Hall–Kier alpha value is -1.03. The summed E-state index contributed by atoms with van der Waals surface area (Å²) in [6, 6.07) is 2.14.